The Labute approximate surface area is 151 Å². The third kappa shape index (κ3) is 2.81. The van der Waals surface area contributed by atoms with Crippen LogP contribution in [0.4, 0.5) is 0 Å². The van der Waals surface area contributed by atoms with Crippen molar-refractivity contribution < 1.29 is 9.21 Å². The second kappa shape index (κ2) is 6.63. The first-order chi connectivity index (χ1) is 12.6. The van der Waals surface area contributed by atoms with Gasteiger partial charge >= 0.3 is 0 Å². The van der Waals surface area contributed by atoms with E-state index in [1.807, 2.05) is 13.0 Å². The van der Waals surface area contributed by atoms with E-state index >= 15 is 0 Å². The molecular formula is C19H24N4O3. The van der Waals surface area contributed by atoms with Crippen molar-refractivity contribution in [2.45, 2.75) is 64.5 Å². The fraction of sp³-hybridized carbons (Fsp3) is 0.526. The van der Waals surface area contributed by atoms with Crippen molar-refractivity contribution >= 4 is 22.5 Å². The SMILES string of the molecule is Cc1nn([C@H](C)C(=O)NC2CCCCCC2)c(=O)c2cc3occc3n12. The number of aromatic nitrogens is 3. The predicted molar refractivity (Wildman–Crippen MR) is 98.3 cm³/mol. The molecule has 7 heteroatoms. The highest BCUT2D eigenvalue weighted by atomic mass is 16.3. The number of fused-ring (bicyclic) bond motifs is 3. The van der Waals surface area contributed by atoms with Crippen LogP contribution in [0.5, 0.6) is 0 Å². The lowest BCUT2D eigenvalue weighted by Crippen LogP contribution is -2.42. The van der Waals surface area contributed by atoms with Gasteiger partial charge in [0.05, 0.1) is 11.8 Å². The summed E-state index contributed by atoms with van der Waals surface area (Å²) in [5.74, 6) is 0.496. The second-order valence-corrected chi connectivity index (χ2v) is 7.21. The number of hydrogen-bond donors (Lipinski definition) is 1. The van der Waals surface area contributed by atoms with Crippen molar-refractivity contribution in [3.8, 4) is 0 Å². The largest absolute Gasteiger partial charge is 0.463 e. The van der Waals surface area contributed by atoms with Gasteiger partial charge in [0.25, 0.3) is 5.56 Å². The fourth-order valence-electron chi connectivity index (χ4n) is 3.91. The number of nitrogens with one attached hydrogen (secondary N) is 1. The van der Waals surface area contributed by atoms with Crippen LogP contribution in [0.1, 0.15) is 57.3 Å². The minimum absolute atomic E-state index is 0.148. The average Bonchev–Trinajstić information content (AvgIpc) is 3.12. The minimum atomic E-state index is -0.657. The first-order valence-electron chi connectivity index (χ1n) is 9.34. The molecule has 4 rings (SSSR count). The predicted octanol–water partition coefficient (Wildman–Crippen LogP) is 2.95. The second-order valence-electron chi connectivity index (χ2n) is 7.21. The van der Waals surface area contributed by atoms with Crippen LogP contribution in [-0.4, -0.2) is 26.1 Å². The molecule has 26 heavy (non-hydrogen) atoms. The van der Waals surface area contributed by atoms with Crippen LogP contribution in [0, 0.1) is 6.92 Å². The quantitative estimate of drug-likeness (QED) is 0.732. The smallest absolute Gasteiger partial charge is 0.291 e. The zero-order chi connectivity index (χ0) is 18.3. The highest BCUT2D eigenvalue weighted by Gasteiger charge is 2.24. The molecule has 138 valence electrons. The van der Waals surface area contributed by atoms with Gasteiger partial charge < -0.3 is 9.73 Å². The van der Waals surface area contributed by atoms with Crippen molar-refractivity contribution in [3.63, 3.8) is 0 Å². The Morgan fingerprint density at radius 3 is 2.73 bits per heavy atom. The Balaban J connectivity index is 1.65. The van der Waals surface area contributed by atoms with Gasteiger partial charge in [0.15, 0.2) is 5.58 Å². The lowest BCUT2D eigenvalue weighted by Gasteiger charge is -2.20. The Morgan fingerprint density at radius 2 is 2.00 bits per heavy atom. The van der Waals surface area contributed by atoms with E-state index in [0.29, 0.717) is 16.9 Å². The van der Waals surface area contributed by atoms with Crippen molar-refractivity contribution in [2.75, 3.05) is 0 Å². The van der Waals surface area contributed by atoms with Gasteiger partial charge in [-0.2, -0.15) is 5.10 Å². The molecule has 1 N–H and O–H groups in total. The maximum Gasteiger partial charge on any atom is 0.291 e. The van der Waals surface area contributed by atoms with Crippen molar-refractivity contribution in [1.29, 1.82) is 0 Å². The summed E-state index contributed by atoms with van der Waals surface area (Å²) in [5, 5.41) is 7.51. The number of nitrogens with zero attached hydrogens (tertiary/aromatic N) is 3. The number of carbonyl (C=O) groups excluding carboxylic acids is 1. The van der Waals surface area contributed by atoms with Gasteiger partial charge in [0, 0.05) is 18.2 Å². The third-order valence-electron chi connectivity index (χ3n) is 5.37. The minimum Gasteiger partial charge on any atom is -0.463 e. The number of amides is 1. The van der Waals surface area contributed by atoms with Crippen LogP contribution in [0.2, 0.25) is 0 Å². The number of hydrogen-bond acceptors (Lipinski definition) is 4. The molecule has 1 aliphatic rings. The molecule has 1 saturated carbocycles. The van der Waals surface area contributed by atoms with E-state index in [4.69, 9.17) is 4.42 Å². The molecule has 1 atom stereocenters. The monoisotopic (exact) mass is 356 g/mol. The molecule has 1 fully saturated rings. The zero-order valence-corrected chi connectivity index (χ0v) is 15.2. The molecule has 0 saturated heterocycles. The molecule has 3 aromatic rings. The number of furan rings is 1. The van der Waals surface area contributed by atoms with E-state index in [0.717, 1.165) is 31.2 Å². The summed E-state index contributed by atoms with van der Waals surface area (Å²) in [6.07, 6.45) is 8.35. The van der Waals surface area contributed by atoms with Crippen LogP contribution in [0.25, 0.3) is 16.6 Å². The third-order valence-corrected chi connectivity index (χ3v) is 5.37. The fourth-order valence-corrected chi connectivity index (χ4v) is 3.91. The van der Waals surface area contributed by atoms with E-state index in [9.17, 15) is 9.59 Å². The number of carbonyl (C=O) groups is 1. The van der Waals surface area contributed by atoms with E-state index in [1.54, 1.807) is 23.7 Å². The Hall–Kier alpha value is -2.57. The van der Waals surface area contributed by atoms with Gasteiger partial charge in [-0.25, -0.2) is 4.68 Å². The Kier molecular flexibility index (Phi) is 4.30. The summed E-state index contributed by atoms with van der Waals surface area (Å²) in [7, 11) is 0. The Bertz CT molecular complexity index is 1010. The van der Waals surface area contributed by atoms with Crippen LogP contribution in [-0.2, 0) is 4.79 Å². The van der Waals surface area contributed by atoms with Crippen LogP contribution < -0.4 is 10.9 Å². The molecule has 3 aromatic heterocycles. The molecule has 1 amide bonds. The topological polar surface area (TPSA) is 81.5 Å². The highest BCUT2D eigenvalue weighted by molar-refractivity contribution is 5.83. The summed E-state index contributed by atoms with van der Waals surface area (Å²) in [5.41, 5.74) is 1.64. The van der Waals surface area contributed by atoms with Crippen LogP contribution in [0.15, 0.2) is 27.6 Å². The van der Waals surface area contributed by atoms with Gasteiger partial charge in [-0.05, 0) is 26.7 Å². The van der Waals surface area contributed by atoms with Gasteiger partial charge in [-0.3, -0.25) is 14.0 Å². The molecule has 0 spiro atoms. The Morgan fingerprint density at radius 1 is 1.27 bits per heavy atom. The van der Waals surface area contributed by atoms with Crippen LogP contribution in [0.3, 0.4) is 0 Å². The maximum atomic E-state index is 12.9. The maximum absolute atomic E-state index is 12.9. The van der Waals surface area contributed by atoms with E-state index < -0.39 is 6.04 Å². The summed E-state index contributed by atoms with van der Waals surface area (Å²) < 4.78 is 8.46. The van der Waals surface area contributed by atoms with E-state index in [-0.39, 0.29) is 17.5 Å². The van der Waals surface area contributed by atoms with Gasteiger partial charge in [0.2, 0.25) is 5.91 Å². The molecule has 0 unspecified atom stereocenters. The first kappa shape index (κ1) is 16.9. The lowest BCUT2D eigenvalue weighted by atomic mass is 10.1. The molecule has 1 aliphatic carbocycles. The lowest BCUT2D eigenvalue weighted by molar-refractivity contribution is -0.125. The zero-order valence-electron chi connectivity index (χ0n) is 15.2. The van der Waals surface area contributed by atoms with Gasteiger partial charge in [-0.15, -0.1) is 0 Å². The number of aryl methyl sites for hydroxylation is 1. The summed E-state index contributed by atoms with van der Waals surface area (Å²) >= 11 is 0. The summed E-state index contributed by atoms with van der Waals surface area (Å²) in [4.78, 5) is 25.6. The molecule has 0 aliphatic heterocycles. The average molecular weight is 356 g/mol. The van der Waals surface area contributed by atoms with Crippen molar-refractivity contribution in [2.24, 2.45) is 0 Å². The normalized spacial score (nSPS) is 17.5. The van der Waals surface area contributed by atoms with E-state index in [1.165, 1.54) is 17.5 Å². The highest BCUT2D eigenvalue weighted by Crippen LogP contribution is 2.21. The molecule has 0 bridgehead atoms. The molecular weight excluding hydrogens is 332 g/mol. The molecule has 0 radical (unpaired) electrons. The van der Waals surface area contributed by atoms with Gasteiger partial charge in [0.1, 0.15) is 17.4 Å². The van der Waals surface area contributed by atoms with Gasteiger partial charge in [-0.1, -0.05) is 25.7 Å². The molecule has 3 heterocycles. The molecule has 7 nitrogen and oxygen atoms in total. The number of rotatable bonds is 3. The van der Waals surface area contributed by atoms with Crippen molar-refractivity contribution in [3.05, 3.63) is 34.6 Å². The standard InChI is InChI=1S/C19H24N4O3/c1-12(18(24)20-14-7-5-3-4-6-8-14)23-19(25)16-11-17-15(9-10-26-17)22(16)13(2)21-23/h9-12,14H,3-8H2,1-2H3,(H,20,24)/t12-/m1/s1. The first-order valence-corrected chi connectivity index (χ1v) is 9.34. The summed E-state index contributed by atoms with van der Waals surface area (Å²) in [6, 6.07) is 3.06. The van der Waals surface area contributed by atoms with Crippen LogP contribution >= 0.6 is 0 Å². The van der Waals surface area contributed by atoms with Crippen molar-refractivity contribution in [1.82, 2.24) is 19.5 Å². The summed E-state index contributed by atoms with van der Waals surface area (Å²) in [6.45, 7) is 3.55. The molecule has 0 aromatic carbocycles. The van der Waals surface area contributed by atoms with E-state index in [2.05, 4.69) is 10.4 Å².